The van der Waals surface area contributed by atoms with E-state index >= 15 is 0 Å². The fraction of sp³-hybridized carbons (Fsp3) is 0.750. The Hall–Kier alpha value is -5.34. The number of ether oxygens (including phenoxy) is 14. The molecule has 3 heterocycles. The summed E-state index contributed by atoms with van der Waals surface area (Å²) in [5.74, 6) is -11.0. The number of amides is 1. The predicted molar refractivity (Wildman–Crippen MR) is 251 cm³/mol. The number of carbonyl (C=O) groups is 11. The van der Waals surface area contributed by atoms with Gasteiger partial charge in [-0.25, -0.2) is 8.42 Å². The van der Waals surface area contributed by atoms with Gasteiger partial charge in [0.1, 0.15) is 61.2 Å². The molecule has 3 rings (SSSR count). The molecule has 0 radical (unpaired) electrons. The van der Waals surface area contributed by atoms with E-state index in [0.29, 0.717) is 0 Å². The topological polar surface area (TPSA) is 363 Å². The highest BCUT2D eigenvalue weighted by atomic mass is 32.2. The molecule has 0 unspecified atom stereocenters. The molecular formula is C44H63NO27S3. The zero-order valence-electron chi connectivity index (χ0n) is 42.9. The van der Waals surface area contributed by atoms with Gasteiger partial charge in [0, 0.05) is 87.7 Å². The van der Waals surface area contributed by atoms with E-state index in [4.69, 9.17) is 66.3 Å². The van der Waals surface area contributed by atoms with Crippen LogP contribution in [0.4, 0.5) is 0 Å². The van der Waals surface area contributed by atoms with Crippen molar-refractivity contribution in [2.45, 2.75) is 167 Å². The molecule has 31 heteroatoms. The van der Waals surface area contributed by atoms with E-state index in [1.54, 1.807) is 0 Å². The number of esters is 10. The molecule has 3 saturated heterocycles. The van der Waals surface area contributed by atoms with Crippen LogP contribution in [0.3, 0.4) is 0 Å². The lowest BCUT2D eigenvalue weighted by Crippen LogP contribution is -2.66. The second kappa shape index (κ2) is 29.8. The normalized spacial score (nSPS) is 29.4. The van der Waals surface area contributed by atoms with Gasteiger partial charge in [-0.05, 0) is 0 Å². The molecule has 424 valence electrons. The third-order valence-corrected chi connectivity index (χ3v) is 14.8. The van der Waals surface area contributed by atoms with Gasteiger partial charge in [0.2, 0.25) is 5.91 Å². The van der Waals surface area contributed by atoms with Crippen molar-refractivity contribution in [2.75, 3.05) is 42.8 Å². The number of carbonyl (C=O) groups excluding carboxylic acids is 11. The summed E-state index contributed by atoms with van der Waals surface area (Å²) < 4.78 is 106. The van der Waals surface area contributed by atoms with Gasteiger partial charge in [0.05, 0.1) is 11.5 Å². The summed E-state index contributed by atoms with van der Waals surface area (Å²) >= 11 is 1.67. The Labute approximate surface area is 439 Å². The molecule has 0 aromatic carbocycles. The molecule has 28 nitrogen and oxygen atoms in total. The monoisotopic (exact) mass is 1130 g/mol. The summed E-state index contributed by atoms with van der Waals surface area (Å²) in [5, 5.41) is 2.60. The maximum Gasteiger partial charge on any atom is 0.303 e. The molecule has 3 aliphatic heterocycles. The third kappa shape index (κ3) is 21.3. The van der Waals surface area contributed by atoms with Crippen molar-refractivity contribution in [1.82, 2.24) is 5.32 Å². The summed E-state index contributed by atoms with van der Waals surface area (Å²) in [7, 11) is -4.02. The third-order valence-electron chi connectivity index (χ3n) is 10.3. The molecule has 75 heavy (non-hydrogen) atoms. The number of nitrogens with one attached hydrogen (secondary N) is 1. The van der Waals surface area contributed by atoms with Crippen molar-refractivity contribution in [3.63, 3.8) is 0 Å². The van der Waals surface area contributed by atoms with Gasteiger partial charge in [-0.15, -0.1) is 23.5 Å². The highest BCUT2D eigenvalue weighted by Crippen LogP contribution is 2.38. The molecule has 0 aromatic rings. The first kappa shape index (κ1) is 63.9. The highest BCUT2D eigenvalue weighted by Gasteiger charge is 2.58. The standard InChI is InChI=1S/C44H63NO27S3/c1-19(46)45-33-37(64-25(7)52)34(62-23(5)50)31(17-60-21(3)48)70-43(33)73-12-14-75(57,58)15-13-74-44-41(68-29(11)56)39(66-27(9)54)36(32(71-44)18-61-22(4)49)72-42-40(67-28(10)55)38(65-26(8)53)35(63-24(6)51)30(69-42)16-59-20(2)47/h30-44H,12-18H2,1-11H3,(H,45,46)/t30-,31-,32-,33-,34-,35-,36-,37-,38+,39+,40-,41-,42+,43+,44+/m1/s1. The van der Waals surface area contributed by atoms with Crippen molar-refractivity contribution in [2.24, 2.45) is 0 Å². The first-order valence-corrected chi connectivity index (χ1v) is 26.8. The highest BCUT2D eigenvalue weighted by molar-refractivity contribution is 8.02. The summed E-state index contributed by atoms with van der Waals surface area (Å²) in [4.78, 5) is 136. The van der Waals surface area contributed by atoms with Crippen molar-refractivity contribution in [3.05, 3.63) is 0 Å². The van der Waals surface area contributed by atoms with E-state index < -0.39 is 197 Å². The van der Waals surface area contributed by atoms with Gasteiger partial charge in [-0.2, -0.15) is 0 Å². The molecule has 3 aliphatic rings. The van der Waals surface area contributed by atoms with Crippen LogP contribution >= 0.6 is 23.5 Å². The molecule has 1 N–H and O–H groups in total. The van der Waals surface area contributed by atoms with Crippen LogP contribution in [-0.4, -0.2) is 207 Å². The molecule has 0 aliphatic carbocycles. The molecule has 15 atom stereocenters. The number of hydrogen-bond acceptors (Lipinski definition) is 29. The lowest BCUT2D eigenvalue weighted by atomic mass is 9.96. The minimum Gasteiger partial charge on any atom is -0.463 e. The number of rotatable bonds is 24. The van der Waals surface area contributed by atoms with Gasteiger partial charge in [0.25, 0.3) is 0 Å². The first-order valence-electron chi connectivity index (χ1n) is 22.9. The van der Waals surface area contributed by atoms with Crippen LogP contribution in [0, 0.1) is 0 Å². The lowest BCUT2D eigenvalue weighted by molar-refractivity contribution is -0.341. The maximum absolute atomic E-state index is 13.6. The van der Waals surface area contributed by atoms with E-state index in [2.05, 4.69) is 5.32 Å². The maximum atomic E-state index is 13.6. The molecule has 0 spiro atoms. The van der Waals surface area contributed by atoms with E-state index in [0.717, 1.165) is 99.7 Å². The molecule has 0 saturated carbocycles. The second-order valence-corrected chi connectivity index (χ2v) is 21.5. The van der Waals surface area contributed by atoms with Crippen LogP contribution in [0.1, 0.15) is 76.2 Å². The Balaban J connectivity index is 1.97. The lowest BCUT2D eigenvalue weighted by Gasteiger charge is -2.48. The zero-order chi connectivity index (χ0) is 56.5. The fourth-order valence-electron chi connectivity index (χ4n) is 7.72. The van der Waals surface area contributed by atoms with Crippen LogP contribution < -0.4 is 5.32 Å². The Bertz CT molecular complexity index is 2190. The Morgan fingerprint density at radius 1 is 0.400 bits per heavy atom. The zero-order valence-corrected chi connectivity index (χ0v) is 45.3. The number of hydrogen-bond donors (Lipinski definition) is 1. The van der Waals surface area contributed by atoms with E-state index in [1.165, 1.54) is 0 Å². The fourth-order valence-corrected chi connectivity index (χ4v) is 12.5. The van der Waals surface area contributed by atoms with Gasteiger partial charge in [-0.3, -0.25) is 52.7 Å². The molecule has 0 bridgehead atoms. The van der Waals surface area contributed by atoms with Gasteiger partial charge in [0.15, 0.2) is 58.9 Å². The van der Waals surface area contributed by atoms with Crippen LogP contribution in [0.5, 0.6) is 0 Å². The average Bonchev–Trinajstić information content (AvgIpc) is 3.26. The van der Waals surface area contributed by atoms with Crippen molar-refractivity contribution in [1.29, 1.82) is 0 Å². The van der Waals surface area contributed by atoms with Crippen LogP contribution in [-0.2, 0) is 129 Å². The van der Waals surface area contributed by atoms with Crippen molar-refractivity contribution < 1.29 is 127 Å². The summed E-state index contributed by atoms with van der Waals surface area (Å²) in [6.45, 7) is 9.69. The summed E-state index contributed by atoms with van der Waals surface area (Å²) in [5.41, 5.74) is -2.58. The minimum absolute atomic E-state index is 0.202. The van der Waals surface area contributed by atoms with Crippen molar-refractivity contribution >= 4 is 99.0 Å². The molecular weight excluding hydrogens is 1070 g/mol. The van der Waals surface area contributed by atoms with Crippen molar-refractivity contribution in [3.8, 4) is 0 Å². The smallest absolute Gasteiger partial charge is 0.303 e. The quantitative estimate of drug-likeness (QED) is 0.0908. The molecule has 3 fully saturated rings. The van der Waals surface area contributed by atoms with Gasteiger partial charge in [-0.1, -0.05) is 0 Å². The second-order valence-electron chi connectivity index (χ2n) is 16.8. The van der Waals surface area contributed by atoms with E-state index in [9.17, 15) is 61.2 Å². The van der Waals surface area contributed by atoms with Crippen LogP contribution in [0.2, 0.25) is 0 Å². The first-order chi connectivity index (χ1) is 35.0. The van der Waals surface area contributed by atoms with E-state index in [1.807, 2.05) is 0 Å². The largest absolute Gasteiger partial charge is 0.463 e. The Morgan fingerprint density at radius 3 is 1.16 bits per heavy atom. The Morgan fingerprint density at radius 2 is 0.733 bits per heavy atom. The minimum atomic E-state index is -4.02. The molecule has 0 aromatic heterocycles. The SMILES string of the molecule is CC(=O)N[C@@H]1[C@@H](OC(C)=O)[C@H](OC(C)=O)[C@@H](COC(C)=O)O[C@H]1SCCS(=O)(=O)CCS[C@@H]1O[C@H](COC(C)=O)[C@@H](O[C@@H]2O[C@H](COC(C)=O)[C@@H](OC(C)=O)[C@H](OC(C)=O)[C@H]2OC(C)=O)[C@H](OC(C)=O)[C@H]1OC(C)=O. The number of thioether (sulfide) groups is 2. The Kier molecular flexibility index (Phi) is 25.4. The number of sulfone groups is 1. The summed E-state index contributed by atoms with van der Waals surface area (Å²) in [6.07, 6.45) is -19.2. The predicted octanol–water partition coefficient (Wildman–Crippen LogP) is -0.857. The van der Waals surface area contributed by atoms with Gasteiger partial charge < -0.3 is 71.6 Å². The van der Waals surface area contributed by atoms with Crippen LogP contribution in [0.25, 0.3) is 0 Å². The van der Waals surface area contributed by atoms with E-state index in [-0.39, 0.29) is 11.5 Å². The van der Waals surface area contributed by atoms with Crippen LogP contribution in [0.15, 0.2) is 0 Å². The molecule has 1 amide bonds. The average molecular weight is 1130 g/mol. The summed E-state index contributed by atoms with van der Waals surface area (Å²) in [6, 6.07) is -1.21. The van der Waals surface area contributed by atoms with Gasteiger partial charge >= 0.3 is 59.7 Å².